The number of hydrogen-bond donors (Lipinski definition) is 2. The Balaban J connectivity index is 2.46. The molecule has 0 bridgehead atoms. The Morgan fingerprint density at radius 3 is 2.92 bits per heavy atom. The molecular weight excluding hydrogens is 160 g/mol. The van der Waals surface area contributed by atoms with E-state index in [1.54, 1.807) is 6.92 Å². The Labute approximate surface area is 70.2 Å². The summed E-state index contributed by atoms with van der Waals surface area (Å²) in [5.74, 6) is -0.688. The lowest BCUT2D eigenvalue weighted by atomic mass is 10.2. The Hall–Kier alpha value is -1.10. The van der Waals surface area contributed by atoms with Crippen LogP contribution in [0.1, 0.15) is 13.3 Å². The van der Waals surface area contributed by atoms with Crippen molar-refractivity contribution in [2.24, 2.45) is 5.73 Å². The average molecular weight is 172 g/mol. The van der Waals surface area contributed by atoms with Crippen molar-refractivity contribution < 1.29 is 14.3 Å². The predicted molar refractivity (Wildman–Crippen MR) is 41.2 cm³/mol. The van der Waals surface area contributed by atoms with Crippen molar-refractivity contribution in [1.82, 2.24) is 5.32 Å². The maximum Gasteiger partial charge on any atom is 0.328 e. The third-order valence-electron chi connectivity index (χ3n) is 1.71. The second kappa shape index (κ2) is 3.53. The summed E-state index contributed by atoms with van der Waals surface area (Å²) in [6, 6.07) is -1.12. The van der Waals surface area contributed by atoms with E-state index in [2.05, 4.69) is 5.32 Å². The molecule has 0 spiro atoms. The highest BCUT2D eigenvalue weighted by molar-refractivity contribution is 5.91. The Kier molecular flexibility index (Phi) is 2.65. The smallest absolute Gasteiger partial charge is 0.328 e. The van der Waals surface area contributed by atoms with Crippen molar-refractivity contribution in [2.45, 2.75) is 25.4 Å². The van der Waals surface area contributed by atoms with Gasteiger partial charge in [0, 0.05) is 6.42 Å². The first-order valence-corrected chi connectivity index (χ1v) is 3.87. The lowest BCUT2D eigenvalue weighted by Crippen LogP contribution is -2.35. The molecule has 1 aliphatic heterocycles. The van der Waals surface area contributed by atoms with Crippen LogP contribution in [0.5, 0.6) is 0 Å². The molecule has 3 N–H and O–H groups in total. The summed E-state index contributed by atoms with van der Waals surface area (Å²) >= 11 is 0. The molecule has 0 aromatic heterocycles. The number of amides is 1. The molecule has 0 unspecified atom stereocenters. The fraction of sp³-hybridized carbons (Fsp3) is 0.714. The molecule has 5 heteroatoms. The maximum absolute atomic E-state index is 11.0. The summed E-state index contributed by atoms with van der Waals surface area (Å²) in [6.45, 7) is 2.04. The zero-order valence-corrected chi connectivity index (χ0v) is 6.87. The van der Waals surface area contributed by atoms with Gasteiger partial charge >= 0.3 is 5.97 Å². The first-order valence-electron chi connectivity index (χ1n) is 3.87. The Morgan fingerprint density at radius 1 is 1.83 bits per heavy atom. The molecule has 1 fully saturated rings. The highest BCUT2D eigenvalue weighted by atomic mass is 16.5. The van der Waals surface area contributed by atoms with Crippen LogP contribution in [-0.4, -0.2) is 30.6 Å². The van der Waals surface area contributed by atoms with E-state index in [9.17, 15) is 9.59 Å². The van der Waals surface area contributed by atoms with Gasteiger partial charge in [0.25, 0.3) is 0 Å². The van der Waals surface area contributed by atoms with Gasteiger partial charge in [-0.25, -0.2) is 4.79 Å². The van der Waals surface area contributed by atoms with Gasteiger partial charge < -0.3 is 15.8 Å². The molecule has 0 saturated carbocycles. The summed E-state index contributed by atoms with van der Waals surface area (Å²) in [5, 5.41) is 2.45. The van der Waals surface area contributed by atoms with Gasteiger partial charge in [-0.1, -0.05) is 0 Å². The lowest BCUT2D eigenvalue weighted by Gasteiger charge is -2.07. The fourth-order valence-corrected chi connectivity index (χ4v) is 1.10. The van der Waals surface area contributed by atoms with Crippen molar-refractivity contribution >= 4 is 11.9 Å². The Bertz CT molecular complexity index is 205. The Morgan fingerprint density at radius 2 is 2.50 bits per heavy atom. The van der Waals surface area contributed by atoms with Gasteiger partial charge in [-0.2, -0.15) is 0 Å². The highest BCUT2D eigenvalue weighted by Gasteiger charge is 2.34. The monoisotopic (exact) mass is 172 g/mol. The van der Waals surface area contributed by atoms with Crippen molar-refractivity contribution in [1.29, 1.82) is 0 Å². The molecule has 0 aliphatic carbocycles. The van der Waals surface area contributed by atoms with Crippen LogP contribution in [0.15, 0.2) is 0 Å². The van der Waals surface area contributed by atoms with Gasteiger partial charge in [-0.15, -0.1) is 0 Å². The molecule has 1 saturated heterocycles. The van der Waals surface area contributed by atoms with Gasteiger partial charge in [0.2, 0.25) is 5.91 Å². The molecule has 2 atom stereocenters. The number of esters is 1. The molecule has 1 amide bonds. The summed E-state index contributed by atoms with van der Waals surface area (Å²) in [4.78, 5) is 21.9. The minimum absolute atomic E-state index is 0.284. The molecule has 12 heavy (non-hydrogen) atoms. The van der Waals surface area contributed by atoms with Gasteiger partial charge in [-0.3, -0.25) is 4.79 Å². The molecule has 1 aliphatic rings. The van der Waals surface area contributed by atoms with E-state index in [0.717, 1.165) is 0 Å². The number of hydrogen-bond acceptors (Lipinski definition) is 4. The molecule has 1 heterocycles. The third kappa shape index (κ3) is 1.73. The van der Waals surface area contributed by atoms with Gasteiger partial charge in [-0.05, 0) is 6.92 Å². The van der Waals surface area contributed by atoms with Crippen LogP contribution < -0.4 is 11.1 Å². The fourth-order valence-electron chi connectivity index (χ4n) is 1.10. The number of nitrogens with two attached hydrogens (primary N) is 1. The van der Waals surface area contributed by atoms with Crippen LogP contribution in [0.3, 0.4) is 0 Å². The van der Waals surface area contributed by atoms with Crippen LogP contribution >= 0.6 is 0 Å². The van der Waals surface area contributed by atoms with E-state index in [0.29, 0.717) is 13.0 Å². The van der Waals surface area contributed by atoms with Gasteiger partial charge in [0.15, 0.2) is 0 Å². The first-order chi connectivity index (χ1) is 5.65. The third-order valence-corrected chi connectivity index (χ3v) is 1.71. The zero-order chi connectivity index (χ0) is 9.14. The molecule has 0 radical (unpaired) electrons. The lowest BCUT2D eigenvalue weighted by molar-refractivity contribution is -0.145. The van der Waals surface area contributed by atoms with Crippen LogP contribution in [0, 0.1) is 0 Å². The van der Waals surface area contributed by atoms with E-state index >= 15 is 0 Å². The van der Waals surface area contributed by atoms with Crippen LogP contribution in [0.25, 0.3) is 0 Å². The second-order valence-corrected chi connectivity index (χ2v) is 2.66. The van der Waals surface area contributed by atoms with Crippen molar-refractivity contribution in [3.8, 4) is 0 Å². The summed E-state index contributed by atoms with van der Waals surface area (Å²) in [6.07, 6.45) is 0.331. The van der Waals surface area contributed by atoms with E-state index < -0.39 is 18.1 Å². The first kappa shape index (κ1) is 8.99. The summed E-state index contributed by atoms with van der Waals surface area (Å²) < 4.78 is 4.71. The van der Waals surface area contributed by atoms with Crippen molar-refractivity contribution in [3.63, 3.8) is 0 Å². The van der Waals surface area contributed by atoms with Crippen LogP contribution in [0.2, 0.25) is 0 Å². The minimum Gasteiger partial charge on any atom is -0.464 e. The van der Waals surface area contributed by atoms with Crippen molar-refractivity contribution in [2.75, 3.05) is 6.61 Å². The zero-order valence-electron chi connectivity index (χ0n) is 6.87. The van der Waals surface area contributed by atoms with Crippen LogP contribution in [-0.2, 0) is 14.3 Å². The maximum atomic E-state index is 11.0. The SMILES string of the molecule is CCOC(=O)[C@H]1C[C@H](N)C(=O)N1. The number of rotatable bonds is 2. The molecule has 0 aromatic carbocycles. The molecular formula is C7H12N2O3. The highest BCUT2D eigenvalue weighted by Crippen LogP contribution is 2.07. The minimum atomic E-state index is -0.570. The summed E-state index contributed by atoms with van der Waals surface area (Å²) in [7, 11) is 0. The molecule has 5 nitrogen and oxygen atoms in total. The van der Waals surface area contributed by atoms with E-state index in [1.807, 2.05) is 0 Å². The van der Waals surface area contributed by atoms with E-state index in [1.165, 1.54) is 0 Å². The average Bonchev–Trinajstić information content (AvgIpc) is 2.33. The number of nitrogens with one attached hydrogen (secondary N) is 1. The van der Waals surface area contributed by atoms with Gasteiger partial charge in [0.05, 0.1) is 12.6 Å². The normalized spacial score (nSPS) is 28.3. The molecule has 0 aromatic rings. The van der Waals surface area contributed by atoms with Gasteiger partial charge in [0.1, 0.15) is 6.04 Å². The number of carbonyl (C=O) groups excluding carboxylic acids is 2. The van der Waals surface area contributed by atoms with Crippen molar-refractivity contribution in [3.05, 3.63) is 0 Å². The standard InChI is InChI=1S/C7H12N2O3/c1-2-12-7(11)5-3-4(8)6(10)9-5/h4-5H,2-3,8H2,1H3,(H,9,10)/t4-,5+/m0/s1. The number of carbonyl (C=O) groups is 2. The quantitative estimate of drug-likeness (QED) is 0.511. The van der Waals surface area contributed by atoms with Crippen LogP contribution in [0.4, 0.5) is 0 Å². The molecule has 1 rings (SSSR count). The van der Waals surface area contributed by atoms with E-state index in [4.69, 9.17) is 10.5 Å². The largest absolute Gasteiger partial charge is 0.464 e. The second-order valence-electron chi connectivity index (χ2n) is 2.66. The topological polar surface area (TPSA) is 81.4 Å². The van der Waals surface area contributed by atoms with E-state index in [-0.39, 0.29) is 5.91 Å². The molecule has 68 valence electrons. The predicted octanol–water partition coefficient (Wildman–Crippen LogP) is -1.23. The summed E-state index contributed by atoms with van der Waals surface area (Å²) in [5.41, 5.74) is 5.38. The number of ether oxygens (including phenoxy) is 1.